The quantitative estimate of drug-likeness (QED) is 0.405. The van der Waals surface area contributed by atoms with E-state index in [1.807, 2.05) is 42.5 Å². The van der Waals surface area contributed by atoms with Gasteiger partial charge in [-0.3, -0.25) is 4.79 Å². The molecule has 0 saturated heterocycles. The second-order valence-corrected chi connectivity index (χ2v) is 6.91. The van der Waals surface area contributed by atoms with Crippen molar-refractivity contribution in [2.45, 2.75) is 13.0 Å². The minimum atomic E-state index is -0.615. The Labute approximate surface area is 185 Å². The maximum absolute atomic E-state index is 12.2. The zero-order valence-corrected chi connectivity index (χ0v) is 17.8. The van der Waals surface area contributed by atoms with Gasteiger partial charge >= 0.3 is 0 Å². The number of amides is 1. The zero-order chi connectivity index (χ0) is 22.3. The average Bonchev–Trinajstić information content (AvgIpc) is 3.25. The van der Waals surface area contributed by atoms with Crippen molar-refractivity contribution in [1.29, 1.82) is 0 Å². The molecule has 2 aromatic heterocycles. The van der Waals surface area contributed by atoms with Crippen molar-refractivity contribution >= 4 is 11.6 Å². The van der Waals surface area contributed by atoms with Gasteiger partial charge in [0.25, 0.3) is 5.91 Å². The van der Waals surface area contributed by atoms with Gasteiger partial charge < -0.3 is 19.5 Å². The lowest BCUT2D eigenvalue weighted by atomic mass is 10.2. The summed E-state index contributed by atoms with van der Waals surface area (Å²) in [7, 11) is 1.62. The molecule has 0 radical (unpaired) electrons. The predicted molar refractivity (Wildman–Crippen MR) is 118 cm³/mol. The Kier molecular flexibility index (Phi) is 6.45. The lowest BCUT2D eigenvalue weighted by Crippen LogP contribution is -2.38. The van der Waals surface area contributed by atoms with Gasteiger partial charge in [-0.2, -0.15) is 4.52 Å². The van der Waals surface area contributed by atoms with Crippen LogP contribution in [0.4, 0.5) is 0 Å². The SMILES string of the molecule is COc1ccc(-c2nnc3ccc(OCCNC(=O)C(C)Oc4ccccc4)nn23)cc1. The summed E-state index contributed by atoms with van der Waals surface area (Å²) in [6, 6.07) is 20.2. The number of carbonyl (C=O) groups is 1. The minimum absolute atomic E-state index is 0.221. The first-order valence-electron chi connectivity index (χ1n) is 10.1. The molecule has 32 heavy (non-hydrogen) atoms. The number of carbonyl (C=O) groups excluding carboxylic acids is 1. The molecule has 0 spiro atoms. The van der Waals surface area contributed by atoms with Crippen molar-refractivity contribution in [3.63, 3.8) is 0 Å². The fourth-order valence-electron chi connectivity index (χ4n) is 3.00. The van der Waals surface area contributed by atoms with Crippen molar-refractivity contribution in [3.8, 4) is 28.8 Å². The third kappa shape index (κ3) is 4.94. The summed E-state index contributed by atoms with van der Waals surface area (Å²) in [5.74, 6) is 2.17. The molecule has 0 aliphatic carbocycles. The van der Waals surface area contributed by atoms with E-state index in [-0.39, 0.29) is 12.5 Å². The zero-order valence-electron chi connectivity index (χ0n) is 17.8. The molecule has 9 nitrogen and oxygen atoms in total. The topological polar surface area (TPSA) is 99.9 Å². The van der Waals surface area contributed by atoms with Crippen LogP contribution in [0.25, 0.3) is 17.0 Å². The van der Waals surface area contributed by atoms with Crippen LogP contribution < -0.4 is 19.5 Å². The Morgan fingerprint density at radius 2 is 1.78 bits per heavy atom. The number of hydrogen-bond acceptors (Lipinski definition) is 7. The van der Waals surface area contributed by atoms with E-state index in [1.54, 1.807) is 42.8 Å². The first-order valence-corrected chi connectivity index (χ1v) is 10.1. The van der Waals surface area contributed by atoms with Crippen molar-refractivity contribution < 1.29 is 19.0 Å². The van der Waals surface area contributed by atoms with E-state index in [9.17, 15) is 4.79 Å². The number of methoxy groups -OCH3 is 1. The summed E-state index contributed by atoms with van der Waals surface area (Å²) < 4.78 is 18.1. The van der Waals surface area contributed by atoms with E-state index in [2.05, 4.69) is 20.6 Å². The molecule has 1 N–H and O–H groups in total. The van der Waals surface area contributed by atoms with Gasteiger partial charge in [0.05, 0.1) is 13.7 Å². The molecule has 1 unspecified atom stereocenters. The van der Waals surface area contributed by atoms with Crippen LogP contribution in [-0.2, 0) is 4.79 Å². The van der Waals surface area contributed by atoms with Crippen LogP contribution in [0.3, 0.4) is 0 Å². The van der Waals surface area contributed by atoms with E-state index in [1.165, 1.54) is 0 Å². The molecule has 4 rings (SSSR count). The Bertz CT molecular complexity index is 1180. The third-order valence-corrected chi connectivity index (χ3v) is 4.66. The maximum Gasteiger partial charge on any atom is 0.260 e. The Hall–Kier alpha value is -4.14. The number of rotatable bonds is 9. The summed E-state index contributed by atoms with van der Waals surface area (Å²) >= 11 is 0. The van der Waals surface area contributed by atoms with Crippen LogP contribution in [0, 0.1) is 0 Å². The van der Waals surface area contributed by atoms with Crippen LogP contribution in [0.5, 0.6) is 17.4 Å². The summed E-state index contributed by atoms with van der Waals surface area (Å²) in [6.45, 7) is 2.27. The number of aromatic nitrogens is 4. The van der Waals surface area contributed by atoms with Crippen molar-refractivity contribution in [2.75, 3.05) is 20.3 Å². The molecule has 1 amide bonds. The van der Waals surface area contributed by atoms with E-state index in [0.717, 1.165) is 11.3 Å². The summed E-state index contributed by atoms with van der Waals surface area (Å²) in [5.41, 5.74) is 1.45. The lowest BCUT2D eigenvalue weighted by Gasteiger charge is -2.14. The normalized spacial score (nSPS) is 11.7. The molecule has 0 aliphatic rings. The highest BCUT2D eigenvalue weighted by Gasteiger charge is 2.14. The second-order valence-electron chi connectivity index (χ2n) is 6.91. The van der Waals surface area contributed by atoms with Gasteiger partial charge in [-0.15, -0.1) is 15.3 Å². The highest BCUT2D eigenvalue weighted by atomic mass is 16.5. The molecule has 0 bridgehead atoms. The molecule has 0 saturated carbocycles. The molecule has 1 atom stereocenters. The van der Waals surface area contributed by atoms with Crippen LogP contribution >= 0.6 is 0 Å². The molecule has 164 valence electrons. The average molecular weight is 433 g/mol. The molecule has 2 heterocycles. The number of benzene rings is 2. The Balaban J connectivity index is 1.33. The van der Waals surface area contributed by atoms with E-state index < -0.39 is 6.10 Å². The number of para-hydroxylation sites is 1. The molecule has 0 fully saturated rings. The summed E-state index contributed by atoms with van der Waals surface area (Å²) in [4.78, 5) is 12.2. The number of ether oxygens (including phenoxy) is 3. The van der Waals surface area contributed by atoms with E-state index in [0.29, 0.717) is 29.6 Å². The second kappa shape index (κ2) is 9.78. The van der Waals surface area contributed by atoms with Gasteiger partial charge in [-0.1, -0.05) is 18.2 Å². The van der Waals surface area contributed by atoms with Crippen molar-refractivity contribution in [3.05, 3.63) is 66.7 Å². The number of fused-ring (bicyclic) bond motifs is 1. The molecule has 9 heteroatoms. The Morgan fingerprint density at radius 3 is 2.53 bits per heavy atom. The minimum Gasteiger partial charge on any atom is -0.497 e. The van der Waals surface area contributed by atoms with Crippen LogP contribution in [-0.4, -0.2) is 52.1 Å². The fourth-order valence-corrected chi connectivity index (χ4v) is 3.00. The maximum atomic E-state index is 12.2. The summed E-state index contributed by atoms with van der Waals surface area (Å²) in [6.07, 6.45) is -0.615. The van der Waals surface area contributed by atoms with Crippen molar-refractivity contribution in [1.82, 2.24) is 25.1 Å². The monoisotopic (exact) mass is 433 g/mol. The van der Waals surface area contributed by atoms with E-state index in [4.69, 9.17) is 14.2 Å². The first-order chi connectivity index (χ1) is 15.6. The van der Waals surface area contributed by atoms with Crippen LogP contribution in [0.1, 0.15) is 6.92 Å². The van der Waals surface area contributed by atoms with Gasteiger partial charge in [-0.25, -0.2) is 0 Å². The van der Waals surface area contributed by atoms with Gasteiger partial charge in [-0.05, 0) is 49.4 Å². The first kappa shape index (κ1) is 21.1. The van der Waals surface area contributed by atoms with Gasteiger partial charge in [0.1, 0.15) is 18.1 Å². The van der Waals surface area contributed by atoms with E-state index >= 15 is 0 Å². The largest absolute Gasteiger partial charge is 0.497 e. The summed E-state index contributed by atoms with van der Waals surface area (Å²) in [5, 5.41) is 15.6. The molecule has 4 aromatic rings. The molecule has 2 aromatic carbocycles. The fraction of sp³-hybridized carbons (Fsp3) is 0.217. The number of nitrogens with one attached hydrogen (secondary N) is 1. The highest BCUT2D eigenvalue weighted by molar-refractivity contribution is 5.80. The standard InChI is InChI=1S/C23H23N5O4/c1-16(32-19-6-4-3-5-7-19)23(29)24-14-15-31-21-13-12-20-25-26-22(28(20)27-21)17-8-10-18(30-2)11-9-17/h3-13,16H,14-15H2,1-2H3,(H,24,29). The highest BCUT2D eigenvalue weighted by Crippen LogP contribution is 2.21. The smallest absolute Gasteiger partial charge is 0.260 e. The molecular formula is C23H23N5O4. The predicted octanol–water partition coefficient (Wildman–Crippen LogP) is 2.76. The van der Waals surface area contributed by atoms with Gasteiger partial charge in [0.2, 0.25) is 5.88 Å². The molecular weight excluding hydrogens is 410 g/mol. The van der Waals surface area contributed by atoms with Crippen LogP contribution in [0.15, 0.2) is 66.7 Å². The molecule has 0 aliphatic heterocycles. The number of nitrogens with zero attached hydrogens (tertiary/aromatic N) is 4. The number of hydrogen-bond donors (Lipinski definition) is 1. The third-order valence-electron chi connectivity index (χ3n) is 4.66. The van der Waals surface area contributed by atoms with Crippen LogP contribution in [0.2, 0.25) is 0 Å². The van der Waals surface area contributed by atoms with Crippen molar-refractivity contribution in [2.24, 2.45) is 0 Å². The van der Waals surface area contributed by atoms with Gasteiger partial charge in [0, 0.05) is 11.6 Å². The lowest BCUT2D eigenvalue weighted by molar-refractivity contribution is -0.127. The van der Waals surface area contributed by atoms with Gasteiger partial charge in [0.15, 0.2) is 17.6 Å². The Morgan fingerprint density at radius 1 is 1.00 bits per heavy atom.